The third-order valence-corrected chi connectivity index (χ3v) is 7.64. The van der Waals surface area contributed by atoms with Gasteiger partial charge in [0.15, 0.2) is 0 Å². The van der Waals surface area contributed by atoms with E-state index in [0.29, 0.717) is 11.8 Å². The van der Waals surface area contributed by atoms with Gasteiger partial charge in [-0.25, -0.2) is 4.98 Å². The molecule has 3 heteroatoms. The van der Waals surface area contributed by atoms with Crippen LogP contribution < -0.4 is 0 Å². The first kappa shape index (κ1) is 13.9. The van der Waals surface area contributed by atoms with Crippen LogP contribution in [0.1, 0.15) is 68.1 Å². The largest absolute Gasteiger partial charge is 0.388 e. The molecule has 0 aromatic carbocycles. The van der Waals surface area contributed by atoms with E-state index in [0.717, 1.165) is 29.2 Å². The number of imidazole rings is 1. The van der Waals surface area contributed by atoms with E-state index in [4.69, 9.17) is 0 Å². The van der Waals surface area contributed by atoms with Crippen LogP contribution in [0.25, 0.3) is 5.52 Å². The van der Waals surface area contributed by atoms with Crippen molar-refractivity contribution < 1.29 is 5.11 Å². The Hall–Kier alpha value is -1.35. The Balaban J connectivity index is 1.45. The van der Waals surface area contributed by atoms with Crippen LogP contribution in [0.2, 0.25) is 0 Å². The van der Waals surface area contributed by atoms with Crippen molar-refractivity contribution in [1.29, 1.82) is 0 Å². The monoisotopic (exact) mass is 322 g/mol. The fourth-order valence-electron chi connectivity index (χ4n) is 6.78. The van der Waals surface area contributed by atoms with Gasteiger partial charge in [-0.15, -0.1) is 0 Å². The van der Waals surface area contributed by atoms with E-state index in [1.807, 2.05) is 12.5 Å². The molecule has 5 aliphatic rings. The fourth-order valence-corrected chi connectivity index (χ4v) is 6.78. The third kappa shape index (κ3) is 1.91. The first-order chi connectivity index (χ1) is 11.8. The van der Waals surface area contributed by atoms with E-state index >= 15 is 0 Å². The number of aliphatic hydroxyl groups is 1. The van der Waals surface area contributed by atoms with Crippen LogP contribution in [0.4, 0.5) is 0 Å². The van der Waals surface area contributed by atoms with Crippen LogP contribution in [-0.4, -0.2) is 14.5 Å². The fraction of sp³-hybridized carbons (Fsp3) is 0.667. The van der Waals surface area contributed by atoms with Crippen molar-refractivity contribution in [2.75, 3.05) is 0 Å². The van der Waals surface area contributed by atoms with E-state index in [2.05, 4.69) is 21.6 Å². The van der Waals surface area contributed by atoms with E-state index in [9.17, 15) is 5.11 Å². The number of aromatic nitrogens is 2. The maximum atomic E-state index is 11.6. The highest BCUT2D eigenvalue weighted by Crippen LogP contribution is 2.60. The summed E-state index contributed by atoms with van der Waals surface area (Å²) >= 11 is 0. The molecule has 1 unspecified atom stereocenters. The van der Waals surface area contributed by atoms with Crippen LogP contribution in [-0.2, 0) is 0 Å². The van der Waals surface area contributed by atoms with Gasteiger partial charge in [0.1, 0.15) is 0 Å². The Morgan fingerprint density at radius 3 is 2.42 bits per heavy atom. The predicted molar refractivity (Wildman–Crippen MR) is 92.7 cm³/mol. The minimum Gasteiger partial charge on any atom is -0.388 e. The minimum atomic E-state index is -0.295. The Morgan fingerprint density at radius 2 is 1.75 bits per heavy atom. The lowest BCUT2D eigenvalue weighted by atomic mass is 9.50. The Bertz CT molecular complexity index is 762. The second kappa shape index (κ2) is 4.85. The van der Waals surface area contributed by atoms with E-state index in [-0.39, 0.29) is 6.10 Å². The highest BCUT2D eigenvalue weighted by atomic mass is 16.3. The molecule has 126 valence electrons. The van der Waals surface area contributed by atoms with Gasteiger partial charge in [0.05, 0.1) is 24.1 Å². The van der Waals surface area contributed by atoms with Crippen molar-refractivity contribution in [3.8, 4) is 0 Å². The van der Waals surface area contributed by atoms with Gasteiger partial charge in [-0.1, -0.05) is 0 Å². The summed E-state index contributed by atoms with van der Waals surface area (Å²) in [5.74, 6) is 4.59. The highest BCUT2D eigenvalue weighted by Gasteiger charge is 2.51. The molecule has 0 aliphatic heterocycles. The van der Waals surface area contributed by atoms with Crippen molar-refractivity contribution in [1.82, 2.24) is 9.38 Å². The molecule has 1 atom stereocenters. The molecule has 5 aliphatic carbocycles. The quantitative estimate of drug-likeness (QED) is 0.914. The van der Waals surface area contributed by atoms with Gasteiger partial charge < -0.3 is 9.51 Å². The number of pyridine rings is 1. The number of hydrogen-bond acceptors (Lipinski definition) is 2. The lowest BCUT2D eigenvalue weighted by Crippen LogP contribution is -2.47. The first-order valence-corrected chi connectivity index (χ1v) is 9.90. The van der Waals surface area contributed by atoms with Crippen molar-refractivity contribution in [2.45, 2.75) is 57.0 Å². The zero-order chi connectivity index (χ0) is 15.8. The summed E-state index contributed by atoms with van der Waals surface area (Å²) in [5, 5.41) is 11.6. The molecule has 1 N–H and O–H groups in total. The summed E-state index contributed by atoms with van der Waals surface area (Å²) in [6, 6.07) is 2.25. The minimum absolute atomic E-state index is 0.295. The molecule has 2 aromatic rings. The average molecular weight is 322 g/mol. The SMILES string of the molecule is OC(c1c(C2CC2)ccn2cncc12)C1C2CC3CC(C2)CC1C3. The van der Waals surface area contributed by atoms with E-state index < -0.39 is 0 Å². The lowest BCUT2D eigenvalue weighted by Gasteiger charge is -2.55. The molecule has 4 bridgehead atoms. The molecule has 2 heterocycles. The number of fused-ring (bicyclic) bond motifs is 1. The van der Waals surface area contributed by atoms with Gasteiger partial charge >= 0.3 is 0 Å². The Labute approximate surface area is 143 Å². The number of nitrogens with zero attached hydrogens (tertiary/aromatic N) is 2. The summed E-state index contributed by atoms with van der Waals surface area (Å²) in [6.07, 6.45) is 15.2. The second-order valence-corrected chi connectivity index (χ2v) is 9.10. The predicted octanol–water partition coefficient (Wildman–Crippen LogP) is 4.32. The molecule has 5 fully saturated rings. The van der Waals surface area contributed by atoms with Crippen LogP contribution >= 0.6 is 0 Å². The second-order valence-electron chi connectivity index (χ2n) is 9.10. The van der Waals surface area contributed by atoms with Crippen molar-refractivity contribution in [2.24, 2.45) is 29.6 Å². The smallest absolute Gasteiger partial charge is 0.0992 e. The average Bonchev–Trinajstić information content (AvgIpc) is 3.29. The topological polar surface area (TPSA) is 37.5 Å². The maximum Gasteiger partial charge on any atom is 0.0992 e. The maximum absolute atomic E-state index is 11.6. The van der Waals surface area contributed by atoms with Crippen LogP contribution in [0.3, 0.4) is 0 Å². The van der Waals surface area contributed by atoms with Gasteiger partial charge in [0.25, 0.3) is 0 Å². The van der Waals surface area contributed by atoms with E-state index in [1.54, 1.807) is 0 Å². The van der Waals surface area contributed by atoms with Crippen LogP contribution in [0.15, 0.2) is 24.8 Å². The Kier molecular flexibility index (Phi) is 2.80. The van der Waals surface area contributed by atoms with Gasteiger partial charge in [0.2, 0.25) is 0 Å². The lowest BCUT2D eigenvalue weighted by molar-refractivity contribution is -0.0906. The zero-order valence-corrected chi connectivity index (χ0v) is 14.1. The van der Waals surface area contributed by atoms with Gasteiger partial charge in [-0.05, 0) is 92.1 Å². The summed E-state index contributed by atoms with van der Waals surface area (Å²) in [4.78, 5) is 4.35. The molecule has 24 heavy (non-hydrogen) atoms. The van der Waals surface area contributed by atoms with Gasteiger partial charge in [0, 0.05) is 11.8 Å². The van der Waals surface area contributed by atoms with Crippen LogP contribution in [0, 0.1) is 29.6 Å². The molecule has 0 saturated heterocycles. The standard InChI is InChI=1S/C21H26N2O/c24-21(19-15-6-12-5-13(8-15)9-16(19)7-12)20-17(14-1-2-14)3-4-23-11-22-10-18(20)23/h3-4,10-16,19,21,24H,1-2,5-9H2. The first-order valence-electron chi connectivity index (χ1n) is 9.90. The summed E-state index contributed by atoms with van der Waals surface area (Å²) in [6.45, 7) is 0. The summed E-state index contributed by atoms with van der Waals surface area (Å²) < 4.78 is 2.10. The molecule has 2 aromatic heterocycles. The zero-order valence-electron chi connectivity index (χ0n) is 14.1. The van der Waals surface area contributed by atoms with Crippen molar-refractivity contribution >= 4 is 5.52 Å². The molecule has 7 rings (SSSR count). The van der Waals surface area contributed by atoms with Crippen molar-refractivity contribution in [3.63, 3.8) is 0 Å². The number of aliphatic hydroxyl groups excluding tert-OH is 1. The van der Waals surface area contributed by atoms with Crippen molar-refractivity contribution in [3.05, 3.63) is 35.9 Å². The number of hydrogen-bond donors (Lipinski definition) is 1. The van der Waals surface area contributed by atoms with Gasteiger partial charge in [-0.3, -0.25) is 0 Å². The third-order valence-electron chi connectivity index (χ3n) is 7.64. The van der Waals surface area contributed by atoms with Crippen LogP contribution in [0.5, 0.6) is 0 Å². The molecular formula is C21H26N2O. The van der Waals surface area contributed by atoms with Gasteiger partial charge in [-0.2, -0.15) is 0 Å². The number of rotatable bonds is 3. The molecule has 3 nitrogen and oxygen atoms in total. The summed E-state index contributed by atoms with van der Waals surface area (Å²) in [7, 11) is 0. The molecule has 0 radical (unpaired) electrons. The Morgan fingerprint density at radius 1 is 1.04 bits per heavy atom. The normalized spacial score (nSPS) is 38.8. The van der Waals surface area contributed by atoms with E-state index in [1.165, 1.54) is 56.1 Å². The molecular weight excluding hydrogens is 296 g/mol. The molecule has 5 saturated carbocycles. The molecule has 0 spiro atoms. The highest BCUT2D eigenvalue weighted by molar-refractivity contribution is 5.59. The molecule has 0 amide bonds. The summed E-state index contributed by atoms with van der Waals surface area (Å²) in [5.41, 5.74) is 3.76.